The van der Waals surface area contributed by atoms with Crippen LogP contribution < -0.4 is 5.32 Å². The molecule has 0 aromatic carbocycles. The van der Waals surface area contributed by atoms with Gasteiger partial charge in [0.05, 0.1) is 6.04 Å². The Morgan fingerprint density at radius 3 is 2.10 bits per heavy atom. The van der Waals surface area contributed by atoms with Crippen molar-refractivity contribution in [2.24, 2.45) is 0 Å². The Morgan fingerprint density at radius 2 is 1.60 bits per heavy atom. The molecule has 3 heteroatoms. The highest BCUT2D eigenvalue weighted by molar-refractivity contribution is 4.94. The Bertz CT molecular complexity index is 295. The van der Waals surface area contributed by atoms with E-state index in [4.69, 9.17) is 0 Å². The van der Waals surface area contributed by atoms with Gasteiger partial charge in [0.2, 0.25) is 0 Å². The fraction of sp³-hybridized carbons (Fsp3) is 0.824. The lowest BCUT2D eigenvalue weighted by atomic mass is 10.0. The summed E-state index contributed by atoms with van der Waals surface area (Å²) in [6, 6.07) is 0.388. The summed E-state index contributed by atoms with van der Waals surface area (Å²) in [6.45, 7) is 2.28. The molecule has 0 radical (unpaired) electrons. The number of imidazole rings is 1. The molecule has 0 saturated heterocycles. The number of hydrogen-bond acceptors (Lipinski definition) is 2. The highest BCUT2D eigenvalue weighted by Crippen LogP contribution is 2.17. The monoisotopic (exact) mass is 279 g/mol. The van der Waals surface area contributed by atoms with Gasteiger partial charge < -0.3 is 10.3 Å². The van der Waals surface area contributed by atoms with E-state index in [0.717, 1.165) is 5.82 Å². The van der Waals surface area contributed by atoms with Gasteiger partial charge in [0.25, 0.3) is 0 Å². The van der Waals surface area contributed by atoms with Gasteiger partial charge in [-0.1, -0.05) is 71.1 Å². The number of nitrogens with one attached hydrogen (secondary N) is 2. The van der Waals surface area contributed by atoms with Crippen molar-refractivity contribution in [1.29, 1.82) is 0 Å². The largest absolute Gasteiger partial charge is 0.347 e. The van der Waals surface area contributed by atoms with Crippen molar-refractivity contribution in [3.05, 3.63) is 18.2 Å². The van der Waals surface area contributed by atoms with E-state index in [9.17, 15) is 0 Å². The van der Waals surface area contributed by atoms with Crippen LogP contribution in [0.3, 0.4) is 0 Å². The zero-order valence-electron chi connectivity index (χ0n) is 13.5. The Kier molecular flexibility index (Phi) is 10.3. The van der Waals surface area contributed by atoms with Crippen molar-refractivity contribution >= 4 is 0 Å². The van der Waals surface area contributed by atoms with Crippen molar-refractivity contribution in [2.45, 2.75) is 83.6 Å². The highest BCUT2D eigenvalue weighted by atomic mass is 15.0. The maximum absolute atomic E-state index is 4.33. The van der Waals surface area contributed by atoms with Crippen LogP contribution in [0.15, 0.2) is 12.4 Å². The van der Waals surface area contributed by atoms with Crippen LogP contribution in [-0.2, 0) is 0 Å². The highest BCUT2D eigenvalue weighted by Gasteiger charge is 2.10. The van der Waals surface area contributed by atoms with Crippen LogP contribution in [0.4, 0.5) is 0 Å². The third-order valence-electron chi connectivity index (χ3n) is 4.04. The quantitative estimate of drug-likeness (QED) is 0.500. The van der Waals surface area contributed by atoms with E-state index in [1.807, 2.05) is 19.4 Å². The molecule has 0 aliphatic rings. The minimum absolute atomic E-state index is 0.388. The molecule has 0 fully saturated rings. The van der Waals surface area contributed by atoms with E-state index in [1.165, 1.54) is 70.6 Å². The van der Waals surface area contributed by atoms with Gasteiger partial charge in [-0.25, -0.2) is 4.98 Å². The maximum atomic E-state index is 4.33. The molecule has 1 aromatic heterocycles. The van der Waals surface area contributed by atoms with Crippen molar-refractivity contribution in [1.82, 2.24) is 15.3 Å². The minimum atomic E-state index is 0.388. The second-order valence-electron chi connectivity index (χ2n) is 5.79. The lowest BCUT2D eigenvalue weighted by Gasteiger charge is -2.13. The summed E-state index contributed by atoms with van der Waals surface area (Å²) in [5.74, 6) is 1.07. The molecule has 0 spiro atoms. The number of aromatic amines is 1. The summed E-state index contributed by atoms with van der Waals surface area (Å²) in [5.41, 5.74) is 0. The topological polar surface area (TPSA) is 40.7 Å². The fourth-order valence-corrected chi connectivity index (χ4v) is 2.72. The van der Waals surface area contributed by atoms with Crippen molar-refractivity contribution < 1.29 is 0 Å². The SMILES string of the molecule is CCCCCCCCCCCCC(NC)c1ncc[nH]1. The second kappa shape index (κ2) is 12.0. The number of unbranched alkanes of at least 4 members (excludes halogenated alkanes) is 9. The second-order valence-corrected chi connectivity index (χ2v) is 5.79. The number of H-pyrrole nitrogens is 1. The number of nitrogens with zero attached hydrogens (tertiary/aromatic N) is 1. The molecule has 0 bridgehead atoms. The molecule has 3 nitrogen and oxygen atoms in total. The van der Waals surface area contributed by atoms with Gasteiger partial charge in [-0.05, 0) is 13.5 Å². The zero-order valence-corrected chi connectivity index (χ0v) is 13.5. The van der Waals surface area contributed by atoms with Crippen LogP contribution in [0.2, 0.25) is 0 Å². The van der Waals surface area contributed by atoms with Gasteiger partial charge in [-0.2, -0.15) is 0 Å². The fourth-order valence-electron chi connectivity index (χ4n) is 2.72. The van der Waals surface area contributed by atoms with Crippen molar-refractivity contribution in [2.75, 3.05) is 7.05 Å². The Balaban J connectivity index is 1.91. The molecule has 1 heterocycles. The van der Waals surface area contributed by atoms with Gasteiger partial charge in [0, 0.05) is 12.4 Å². The molecule has 1 atom stereocenters. The predicted molar refractivity (Wildman–Crippen MR) is 86.8 cm³/mol. The smallest absolute Gasteiger partial charge is 0.123 e. The van der Waals surface area contributed by atoms with Gasteiger partial charge in [0.1, 0.15) is 5.82 Å². The average molecular weight is 279 g/mol. The standard InChI is InChI=1S/C17H33N3/c1-3-4-5-6-7-8-9-10-11-12-13-16(18-2)17-19-14-15-20-17/h14-16,18H,3-13H2,1-2H3,(H,19,20). The van der Waals surface area contributed by atoms with Crippen LogP contribution >= 0.6 is 0 Å². The summed E-state index contributed by atoms with van der Waals surface area (Å²) in [6.07, 6.45) is 18.9. The third-order valence-corrected chi connectivity index (χ3v) is 4.04. The molecule has 0 aliphatic heterocycles. The lowest BCUT2D eigenvalue weighted by molar-refractivity contribution is 0.478. The third kappa shape index (κ3) is 7.68. The van der Waals surface area contributed by atoms with E-state index < -0.39 is 0 Å². The summed E-state index contributed by atoms with van der Waals surface area (Å²) in [7, 11) is 2.02. The van der Waals surface area contributed by atoms with Crippen LogP contribution in [0, 0.1) is 0 Å². The van der Waals surface area contributed by atoms with E-state index in [0.29, 0.717) is 6.04 Å². The van der Waals surface area contributed by atoms with Gasteiger partial charge in [-0.3, -0.25) is 0 Å². The first-order valence-electron chi connectivity index (χ1n) is 8.55. The molecule has 2 N–H and O–H groups in total. The van der Waals surface area contributed by atoms with Gasteiger partial charge >= 0.3 is 0 Å². The van der Waals surface area contributed by atoms with E-state index in [2.05, 4.69) is 22.2 Å². The van der Waals surface area contributed by atoms with E-state index >= 15 is 0 Å². The zero-order chi connectivity index (χ0) is 14.5. The van der Waals surface area contributed by atoms with Gasteiger partial charge in [0.15, 0.2) is 0 Å². The van der Waals surface area contributed by atoms with Crippen molar-refractivity contribution in [3.63, 3.8) is 0 Å². The maximum Gasteiger partial charge on any atom is 0.123 e. The van der Waals surface area contributed by atoms with Gasteiger partial charge in [-0.15, -0.1) is 0 Å². The molecule has 0 saturated carbocycles. The lowest BCUT2D eigenvalue weighted by Crippen LogP contribution is -2.17. The molecule has 0 amide bonds. The normalized spacial score (nSPS) is 12.7. The number of aromatic nitrogens is 2. The predicted octanol–water partition coefficient (Wildman–Crippen LogP) is 4.98. The molecule has 1 aromatic rings. The molecular weight excluding hydrogens is 246 g/mol. The summed E-state index contributed by atoms with van der Waals surface area (Å²) in [4.78, 5) is 7.53. The number of rotatable bonds is 13. The van der Waals surface area contributed by atoms with Crippen molar-refractivity contribution in [3.8, 4) is 0 Å². The average Bonchev–Trinajstić information content (AvgIpc) is 2.99. The van der Waals surface area contributed by atoms with Crippen LogP contribution in [0.5, 0.6) is 0 Å². The molecule has 1 rings (SSSR count). The minimum Gasteiger partial charge on any atom is -0.347 e. The van der Waals surface area contributed by atoms with E-state index in [-0.39, 0.29) is 0 Å². The Hall–Kier alpha value is -0.830. The summed E-state index contributed by atoms with van der Waals surface area (Å²) < 4.78 is 0. The van der Waals surface area contributed by atoms with Crippen LogP contribution in [0.25, 0.3) is 0 Å². The Morgan fingerprint density at radius 1 is 1.00 bits per heavy atom. The van der Waals surface area contributed by atoms with Crippen LogP contribution in [-0.4, -0.2) is 17.0 Å². The molecule has 20 heavy (non-hydrogen) atoms. The molecule has 116 valence electrons. The first-order chi connectivity index (χ1) is 9.88. The van der Waals surface area contributed by atoms with Crippen LogP contribution in [0.1, 0.15) is 89.4 Å². The molecule has 1 unspecified atom stereocenters. The molecular formula is C17H33N3. The van der Waals surface area contributed by atoms with E-state index in [1.54, 1.807) is 0 Å². The Labute approximate surface area is 125 Å². The molecule has 0 aliphatic carbocycles. The first-order valence-corrected chi connectivity index (χ1v) is 8.55. The summed E-state index contributed by atoms with van der Waals surface area (Å²) in [5, 5.41) is 3.34. The summed E-state index contributed by atoms with van der Waals surface area (Å²) >= 11 is 0. The first kappa shape index (κ1) is 17.2. The number of hydrogen-bond donors (Lipinski definition) is 2.